The lowest BCUT2D eigenvalue weighted by Gasteiger charge is -2.28. The van der Waals surface area contributed by atoms with E-state index in [2.05, 4.69) is 0 Å². The Morgan fingerprint density at radius 1 is 0.677 bits per heavy atom. The van der Waals surface area contributed by atoms with Crippen molar-refractivity contribution in [3.05, 3.63) is 0 Å². The zero-order chi connectivity index (χ0) is 23.3. The maximum absolute atomic E-state index is 12.7. The van der Waals surface area contributed by atoms with E-state index in [1.807, 2.05) is 0 Å². The molecule has 0 spiro atoms. The second-order valence-corrected chi connectivity index (χ2v) is 15.6. The fourth-order valence-corrected chi connectivity index (χ4v) is 7.39. The van der Waals surface area contributed by atoms with Gasteiger partial charge in [-0.3, -0.25) is 28.4 Å². The summed E-state index contributed by atoms with van der Waals surface area (Å²) in [5.74, 6) is 0.0800. The Hall–Kier alpha value is 0.330. The summed E-state index contributed by atoms with van der Waals surface area (Å²) in [6.45, 7) is 1.98. The molecular weight excluding hydrogens is 471 g/mol. The third-order valence-corrected chi connectivity index (χ3v) is 10.0. The second-order valence-electron chi connectivity index (χ2n) is 8.68. The van der Waals surface area contributed by atoms with Crippen molar-refractivity contribution >= 4 is 22.1 Å². The SMILES string of the molecule is O=P(O)(CO)CN1CCN(CP(=O)(O)CO)CCN(CP(=O)(O)CCC2CC2O)CC1. The van der Waals surface area contributed by atoms with Gasteiger partial charge in [0, 0.05) is 45.4 Å². The predicted molar refractivity (Wildman–Crippen MR) is 117 cm³/mol. The van der Waals surface area contributed by atoms with Crippen LogP contribution in [0.15, 0.2) is 0 Å². The molecular formula is C16H36N3O9P3. The largest absolute Gasteiger partial charge is 0.393 e. The average Bonchev–Trinajstić information content (AvgIpc) is 3.38. The Bertz CT molecular complexity index is 690. The van der Waals surface area contributed by atoms with Crippen LogP contribution in [-0.4, -0.2) is 128 Å². The van der Waals surface area contributed by atoms with E-state index in [-0.39, 0.29) is 37.0 Å². The Labute approximate surface area is 182 Å². The summed E-state index contributed by atoms with van der Waals surface area (Å²) in [4.78, 5) is 35.1. The molecule has 1 saturated heterocycles. The van der Waals surface area contributed by atoms with Crippen LogP contribution in [0.3, 0.4) is 0 Å². The van der Waals surface area contributed by atoms with Crippen molar-refractivity contribution in [1.29, 1.82) is 0 Å². The van der Waals surface area contributed by atoms with Gasteiger partial charge < -0.3 is 30.0 Å². The molecule has 0 aromatic heterocycles. The standard InChI is InChI=1S/C16H36N3O9P3/c20-13-30(25,26)11-18-4-2-17(10-29(23,24)8-1-15-9-16(15)22)3-5-19(7-6-18)12-31(27,28)14-21/h15-16,20-22H,1-14H2,(H,23,24)(H,25,26)(H,27,28). The summed E-state index contributed by atoms with van der Waals surface area (Å²) in [6, 6.07) is 0. The van der Waals surface area contributed by atoms with E-state index >= 15 is 0 Å². The molecule has 1 aliphatic carbocycles. The Morgan fingerprint density at radius 2 is 1.00 bits per heavy atom. The minimum Gasteiger partial charge on any atom is -0.393 e. The maximum Gasteiger partial charge on any atom is 0.238 e. The van der Waals surface area contributed by atoms with E-state index in [9.17, 15) is 33.5 Å². The molecule has 1 heterocycles. The first-order valence-electron chi connectivity index (χ1n) is 10.3. The van der Waals surface area contributed by atoms with Crippen molar-refractivity contribution in [3.8, 4) is 0 Å². The zero-order valence-corrected chi connectivity index (χ0v) is 20.3. The fraction of sp³-hybridized carbons (Fsp3) is 1.00. The molecule has 184 valence electrons. The molecule has 5 unspecified atom stereocenters. The van der Waals surface area contributed by atoms with Crippen molar-refractivity contribution in [2.24, 2.45) is 5.92 Å². The second kappa shape index (κ2) is 11.6. The van der Waals surface area contributed by atoms with Gasteiger partial charge in [0.15, 0.2) is 0 Å². The van der Waals surface area contributed by atoms with Crippen LogP contribution >= 0.6 is 22.1 Å². The molecule has 5 atom stereocenters. The van der Waals surface area contributed by atoms with Gasteiger partial charge in [0.1, 0.15) is 12.7 Å². The van der Waals surface area contributed by atoms with E-state index in [1.165, 1.54) is 0 Å². The number of rotatable bonds is 11. The molecule has 0 amide bonds. The molecule has 0 radical (unpaired) electrons. The molecule has 0 bridgehead atoms. The molecule has 0 aromatic rings. The summed E-state index contributed by atoms with van der Waals surface area (Å²) in [6.07, 6.45) is -1.43. The Morgan fingerprint density at radius 3 is 1.29 bits per heavy atom. The van der Waals surface area contributed by atoms with E-state index in [0.717, 1.165) is 0 Å². The van der Waals surface area contributed by atoms with Gasteiger partial charge >= 0.3 is 0 Å². The third kappa shape index (κ3) is 10.4. The molecule has 1 saturated carbocycles. The monoisotopic (exact) mass is 507 g/mol. The van der Waals surface area contributed by atoms with Gasteiger partial charge in [0.2, 0.25) is 22.1 Å². The molecule has 31 heavy (non-hydrogen) atoms. The highest BCUT2D eigenvalue weighted by Gasteiger charge is 2.37. The molecule has 15 heteroatoms. The normalized spacial score (nSPS) is 30.4. The highest BCUT2D eigenvalue weighted by molar-refractivity contribution is 7.58. The predicted octanol–water partition coefficient (Wildman–Crippen LogP) is -0.740. The van der Waals surface area contributed by atoms with E-state index in [1.54, 1.807) is 14.7 Å². The quantitative estimate of drug-likeness (QED) is 0.193. The molecule has 2 rings (SSSR count). The molecule has 1 aliphatic heterocycles. The summed E-state index contributed by atoms with van der Waals surface area (Å²) in [5.41, 5.74) is 0. The van der Waals surface area contributed by atoms with Crippen molar-refractivity contribution in [1.82, 2.24) is 14.7 Å². The molecule has 12 nitrogen and oxygen atoms in total. The highest BCUT2D eigenvalue weighted by atomic mass is 31.2. The van der Waals surface area contributed by atoms with Gasteiger partial charge in [-0.2, -0.15) is 0 Å². The zero-order valence-electron chi connectivity index (χ0n) is 17.6. The van der Waals surface area contributed by atoms with Gasteiger partial charge in [0.05, 0.1) is 25.0 Å². The van der Waals surface area contributed by atoms with E-state index in [4.69, 9.17) is 10.2 Å². The Kier molecular flexibility index (Phi) is 10.4. The molecule has 0 aromatic carbocycles. The maximum atomic E-state index is 12.7. The van der Waals surface area contributed by atoms with Crippen molar-refractivity contribution < 1.29 is 43.7 Å². The number of aliphatic hydroxyl groups excluding tert-OH is 3. The number of nitrogens with zero attached hydrogens (tertiary/aromatic N) is 3. The van der Waals surface area contributed by atoms with Gasteiger partial charge in [-0.15, -0.1) is 0 Å². The average molecular weight is 507 g/mol. The van der Waals surface area contributed by atoms with E-state index in [0.29, 0.717) is 52.1 Å². The first-order valence-corrected chi connectivity index (χ1v) is 16.4. The third-order valence-electron chi connectivity index (χ3n) is 5.64. The lowest BCUT2D eigenvalue weighted by Crippen LogP contribution is -2.37. The summed E-state index contributed by atoms with van der Waals surface area (Å²) in [5, 5.41) is 27.7. The van der Waals surface area contributed by atoms with Gasteiger partial charge in [-0.05, 0) is 18.8 Å². The smallest absolute Gasteiger partial charge is 0.238 e. The van der Waals surface area contributed by atoms with Gasteiger partial charge in [-0.25, -0.2) is 0 Å². The van der Waals surface area contributed by atoms with Crippen LogP contribution in [0.25, 0.3) is 0 Å². The molecule has 2 fully saturated rings. The number of hydrogen-bond donors (Lipinski definition) is 6. The fourth-order valence-electron chi connectivity index (χ4n) is 3.62. The van der Waals surface area contributed by atoms with Gasteiger partial charge in [0.25, 0.3) is 0 Å². The van der Waals surface area contributed by atoms with Crippen LogP contribution in [-0.2, 0) is 13.7 Å². The summed E-state index contributed by atoms with van der Waals surface area (Å²) >= 11 is 0. The van der Waals surface area contributed by atoms with Crippen LogP contribution in [0, 0.1) is 5.92 Å². The van der Waals surface area contributed by atoms with Crippen LogP contribution < -0.4 is 0 Å². The first kappa shape index (κ1) is 27.6. The molecule has 6 N–H and O–H groups in total. The Balaban J connectivity index is 2.04. The van der Waals surface area contributed by atoms with Crippen LogP contribution in [0.5, 0.6) is 0 Å². The lowest BCUT2D eigenvalue weighted by atomic mass is 10.3. The van der Waals surface area contributed by atoms with Crippen molar-refractivity contribution in [3.63, 3.8) is 0 Å². The lowest BCUT2D eigenvalue weighted by molar-refractivity contribution is 0.239. The van der Waals surface area contributed by atoms with E-state index < -0.39 is 34.8 Å². The highest BCUT2D eigenvalue weighted by Crippen LogP contribution is 2.46. The molecule has 2 aliphatic rings. The van der Waals surface area contributed by atoms with Gasteiger partial charge in [-0.1, -0.05) is 0 Å². The minimum atomic E-state index is -3.77. The first-order chi connectivity index (χ1) is 14.3. The summed E-state index contributed by atoms with van der Waals surface area (Å²) in [7, 11) is -11.0. The van der Waals surface area contributed by atoms with Crippen LogP contribution in [0.4, 0.5) is 0 Å². The topological polar surface area (TPSA) is 182 Å². The van der Waals surface area contributed by atoms with Crippen LogP contribution in [0.2, 0.25) is 0 Å². The minimum absolute atomic E-state index is 0.0783. The number of aliphatic hydroxyl groups is 3. The van der Waals surface area contributed by atoms with Crippen molar-refractivity contribution in [2.75, 3.05) is 77.0 Å². The summed E-state index contributed by atoms with van der Waals surface area (Å²) < 4.78 is 36.7. The number of hydrogen-bond acceptors (Lipinski definition) is 9. The van der Waals surface area contributed by atoms with Crippen molar-refractivity contribution in [2.45, 2.75) is 18.9 Å². The van der Waals surface area contributed by atoms with Crippen LogP contribution in [0.1, 0.15) is 12.8 Å².